The molecule has 0 aliphatic rings. The first kappa shape index (κ1) is 21.9. The van der Waals surface area contributed by atoms with Crippen LogP contribution in [-0.4, -0.2) is 29.2 Å². The van der Waals surface area contributed by atoms with Gasteiger partial charge in [0.05, 0.1) is 17.7 Å². The Morgan fingerprint density at radius 3 is 2.57 bits per heavy atom. The number of aromatic nitrogens is 1. The fourth-order valence-corrected chi connectivity index (χ4v) is 3.38. The highest BCUT2D eigenvalue weighted by molar-refractivity contribution is 7.08. The zero-order valence-corrected chi connectivity index (χ0v) is 18.9. The second-order valence-corrected chi connectivity index (χ2v) is 8.74. The number of hydrogen-bond acceptors (Lipinski definition) is 5. The van der Waals surface area contributed by atoms with Gasteiger partial charge < -0.3 is 9.64 Å². The molecule has 0 aliphatic carbocycles. The molecule has 2 rings (SSSR count). The van der Waals surface area contributed by atoms with Crippen molar-refractivity contribution in [2.45, 2.75) is 53.9 Å². The van der Waals surface area contributed by atoms with Gasteiger partial charge in [0.2, 0.25) is 5.06 Å². The fraction of sp³-hybridized carbons (Fsp3) is 0.500. The van der Waals surface area contributed by atoms with Crippen LogP contribution in [-0.2, 0) is 5.41 Å². The van der Waals surface area contributed by atoms with E-state index in [-0.39, 0.29) is 5.41 Å². The van der Waals surface area contributed by atoms with Crippen LogP contribution in [0.5, 0.6) is 10.8 Å². The minimum Gasteiger partial charge on any atom is -0.443 e. The smallest absolute Gasteiger partial charge is 0.218 e. The fourth-order valence-electron chi connectivity index (χ4n) is 2.52. The van der Waals surface area contributed by atoms with Crippen LogP contribution in [0.3, 0.4) is 0 Å². The lowest BCUT2D eigenvalue weighted by molar-refractivity contribution is 0.363. The van der Waals surface area contributed by atoms with Crippen LogP contribution in [0.4, 0.5) is 5.69 Å². The van der Waals surface area contributed by atoms with Crippen molar-refractivity contribution in [3.63, 3.8) is 0 Å². The van der Waals surface area contributed by atoms with Gasteiger partial charge in [-0.25, -0.2) is 4.99 Å². The van der Waals surface area contributed by atoms with Crippen molar-refractivity contribution in [2.24, 2.45) is 10.9 Å². The van der Waals surface area contributed by atoms with E-state index in [0.717, 1.165) is 34.8 Å². The monoisotopic (exact) mass is 398 g/mol. The lowest BCUT2D eigenvalue weighted by Crippen LogP contribution is -2.25. The van der Waals surface area contributed by atoms with Crippen molar-refractivity contribution in [1.29, 1.82) is 5.26 Å². The van der Waals surface area contributed by atoms with E-state index < -0.39 is 0 Å². The molecule has 6 heteroatoms. The van der Waals surface area contributed by atoms with E-state index in [4.69, 9.17) is 4.74 Å². The first-order valence-corrected chi connectivity index (χ1v) is 10.3. The van der Waals surface area contributed by atoms with Crippen molar-refractivity contribution in [3.05, 3.63) is 34.5 Å². The molecule has 0 aliphatic heterocycles. The van der Waals surface area contributed by atoms with Crippen LogP contribution in [0.2, 0.25) is 0 Å². The van der Waals surface area contributed by atoms with Gasteiger partial charge in [-0.2, -0.15) is 9.64 Å². The van der Waals surface area contributed by atoms with Crippen molar-refractivity contribution in [2.75, 3.05) is 13.6 Å². The van der Waals surface area contributed by atoms with Gasteiger partial charge in [0, 0.05) is 30.5 Å². The predicted molar refractivity (Wildman–Crippen MR) is 117 cm³/mol. The summed E-state index contributed by atoms with van der Waals surface area (Å²) in [5.41, 5.74) is 4.05. The third kappa shape index (κ3) is 4.53. The Hall–Kier alpha value is -2.39. The second-order valence-electron chi connectivity index (χ2n) is 8.01. The van der Waals surface area contributed by atoms with Crippen LogP contribution in [0.15, 0.2) is 17.1 Å². The van der Waals surface area contributed by atoms with E-state index in [9.17, 15) is 5.26 Å². The molecule has 0 spiro atoms. The molecule has 0 radical (unpaired) electrons. The van der Waals surface area contributed by atoms with E-state index in [2.05, 4.69) is 50.1 Å². The average molecular weight is 399 g/mol. The van der Waals surface area contributed by atoms with Crippen molar-refractivity contribution in [3.8, 4) is 16.9 Å². The van der Waals surface area contributed by atoms with Gasteiger partial charge in [-0.1, -0.05) is 27.7 Å². The minimum atomic E-state index is -0.196. The number of benzene rings is 1. The van der Waals surface area contributed by atoms with E-state index >= 15 is 0 Å². The van der Waals surface area contributed by atoms with Crippen LogP contribution < -0.4 is 4.74 Å². The van der Waals surface area contributed by atoms with Crippen molar-refractivity contribution < 1.29 is 4.74 Å². The molecule has 0 fully saturated rings. The first-order chi connectivity index (χ1) is 13.1. The number of hydrogen-bond donors (Lipinski definition) is 0. The van der Waals surface area contributed by atoms with Crippen LogP contribution >= 0.6 is 11.5 Å². The lowest BCUT2D eigenvalue weighted by atomic mass is 9.77. The zero-order chi connectivity index (χ0) is 21.1. The Kier molecular flexibility index (Phi) is 6.84. The summed E-state index contributed by atoms with van der Waals surface area (Å²) in [7, 11) is 1.99. The van der Waals surface area contributed by atoms with E-state index in [1.165, 1.54) is 11.5 Å². The maximum atomic E-state index is 9.74. The third-order valence-electron chi connectivity index (χ3n) is 5.42. The van der Waals surface area contributed by atoms with Gasteiger partial charge in [0.25, 0.3) is 0 Å². The Balaban J connectivity index is 2.37. The third-order valence-corrected chi connectivity index (χ3v) is 6.14. The Morgan fingerprint density at radius 1 is 1.32 bits per heavy atom. The van der Waals surface area contributed by atoms with Gasteiger partial charge in [0.15, 0.2) is 0 Å². The van der Waals surface area contributed by atoms with Crippen LogP contribution in [0, 0.1) is 31.1 Å². The number of nitriles is 1. The molecule has 0 saturated carbocycles. The van der Waals surface area contributed by atoms with Gasteiger partial charge in [0.1, 0.15) is 17.4 Å². The lowest BCUT2D eigenvalue weighted by Gasteiger charge is -2.27. The zero-order valence-electron chi connectivity index (χ0n) is 18.1. The molecular weight excluding hydrogens is 368 g/mol. The molecule has 5 nitrogen and oxygen atoms in total. The molecule has 1 heterocycles. The number of rotatable bonds is 7. The highest BCUT2D eigenvalue weighted by Crippen LogP contribution is 2.41. The summed E-state index contributed by atoms with van der Waals surface area (Å²) in [6, 6.07) is 6.29. The summed E-state index contributed by atoms with van der Waals surface area (Å²) in [5, 5.41) is 10.3. The molecule has 150 valence electrons. The molecule has 0 atom stereocenters. The Bertz CT molecular complexity index is 906. The molecular formula is C22H30N4OS. The molecule has 0 bridgehead atoms. The number of nitrogens with zero attached hydrogens (tertiary/aromatic N) is 4. The Labute approximate surface area is 172 Å². The topological polar surface area (TPSA) is 61.5 Å². The highest BCUT2D eigenvalue weighted by atomic mass is 32.1. The standard InChI is InChI=1S/C22H30N4OS/c1-9-26(8)13-24-18-10-16(5)19(11-15(18)4)27-21-17(12-23)20(25-28-21)22(6,7)14(2)3/h10-11,13-14H,9H2,1-8H3. The van der Waals surface area contributed by atoms with Crippen molar-refractivity contribution in [1.82, 2.24) is 9.27 Å². The highest BCUT2D eigenvalue weighted by Gasteiger charge is 2.32. The summed E-state index contributed by atoms with van der Waals surface area (Å²) in [6.07, 6.45) is 1.83. The molecule has 0 unspecified atom stereocenters. The number of aryl methyl sites for hydroxylation is 2. The van der Waals surface area contributed by atoms with Gasteiger partial charge in [-0.05, 0) is 49.9 Å². The SMILES string of the molecule is CCN(C)C=Nc1cc(C)c(Oc2snc(C(C)(C)C(C)C)c2C#N)cc1C. The molecule has 1 aromatic heterocycles. The van der Waals surface area contributed by atoms with Crippen LogP contribution in [0.25, 0.3) is 0 Å². The van der Waals surface area contributed by atoms with E-state index in [0.29, 0.717) is 16.5 Å². The number of aliphatic imine (C=N–C) groups is 1. The molecule has 28 heavy (non-hydrogen) atoms. The summed E-state index contributed by atoms with van der Waals surface area (Å²) in [6.45, 7) is 15.5. The van der Waals surface area contributed by atoms with Gasteiger partial charge in [-0.3, -0.25) is 0 Å². The van der Waals surface area contributed by atoms with Gasteiger partial charge in [-0.15, -0.1) is 0 Å². The van der Waals surface area contributed by atoms with Crippen molar-refractivity contribution >= 4 is 23.6 Å². The summed E-state index contributed by atoms with van der Waals surface area (Å²) < 4.78 is 10.7. The van der Waals surface area contributed by atoms with Gasteiger partial charge >= 0.3 is 0 Å². The normalized spacial score (nSPS) is 11.9. The van der Waals surface area contributed by atoms with E-state index in [1.54, 1.807) is 0 Å². The summed E-state index contributed by atoms with van der Waals surface area (Å²) in [4.78, 5) is 6.58. The number of ether oxygens (including phenoxy) is 1. The molecule has 1 aromatic carbocycles. The largest absolute Gasteiger partial charge is 0.443 e. The maximum absolute atomic E-state index is 9.74. The summed E-state index contributed by atoms with van der Waals surface area (Å²) >= 11 is 1.24. The quantitative estimate of drug-likeness (QED) is 0.426. The van der Waals surface area contributed by atoms with Crippen LogP contribution in [0.1, 0.15) is 57.0 Å². The molecule has 0 amide bonds. The molecule has 0 saturated heterocycles. The first-order valence-electron chi connectivity index (χ1n) is 9.55. The summed E-state index contributed by atoms with van der Waals surface area (Å²) in [5.74, 6) is 1.09. The average Bonchev–Trinajstić information content (AvgIpc) is 3.06. The maximum Gasteiger partial charge on any atom is 0.218 e. The molecule has 2 aromatic rings. The Morgan fingerprint density at radius 2 is 2.00 bits per heavy atom. The predicted octanol–water partition coefficient (Wildman–Crippen LogP) is 5.97. The second kappa shape index (κ2) is 8.74. The molecule has 0 N–H and O–H groups in total. The van der Waals surface area contributed by atoms with E-state index in [1.807, 2.05) is 44.3 Å². The minimum absolute atomic E-state index is 0.196.